The molecule has 1 saturated heterocycles. The lowest BCUT2D eigenvalue weighted by atomic mass is 10.1. The van der Waals surface area contributed by atoms with Crippen molar-refractivity contribution in [2.75, 3.05) is 32.0 Å². The Balaban J connectivity index is 2.10. The molecule has 2 aromatic carbocycles. The van der Waals surface area contributed by atoms with Crippen molar-refractivity contribution < 1.29 is 23.6 Å². The normalized spacial score (nSPS) is 19.6. The van der Waals surface area contributed by atoms with E-state index in [4.69, 9.17) is 14.2 Å². The van der Waals surface area contributed by atoms with Gasteiger partial charge in [0.25, 0.3) is 5.91 Å². The van der Waals surface area contributed by atoms with Crippen molar-refractivity contribution in [2.24, 2.45) is 0 Å². The topological polar surface area (TPSA) is 71.1 Å². The van der Waals surface area contributed by atoms with Crippen LogP contribution in [0.25, 0.3) is 0 Å². The maximum Gasteiger partial charge on any atom is 0.281 e. The van der Waals surface area contributed by atoms with Gasteiger partial charge in [-0.2, -0.15) is 0 Å². The third-order valence-corrected chi connectivity index (χ3v) is 6.14. The predicted molar refractivity (Wildman–Crippen MR) is 103 cm³/mol. The van der Waals surface area contributed by atoms with Gasteiger partial charge in [-0.05, 0) is 23.3 Å². The highest BCUT2D eigenvalue weighted by Crippen LogP contribution is 2.45. The van der Waals surface area contributed by atoms with E-state index < -0.39 is 16.5 Å². The molecule has 1 amide bonds. The second-order valence-electron chi connectivity index (χ2n) is 5.58. The molecule has 138 valence electrons. The first kappa shape index (κ1) is 18.9. The van der Waals surface area contributed by atoms with E-state index in [-0.39, 0.29) is 11.7 Å². The van der Waals surface area contributed by atoms with Gasteiger partial charge in [0.1, 0.15) is 0 Å². The first-order valence-electron chi connectivity index (χ1n) is 7.74. The Kier molecular flexibility index (Phi) is 5.64. The van der Waals surface area contributed by atoms with Crippen molar-refractivity contribution in [3.8, 4) is 17.2 Å². The van der Waals surface area contributed by atoms with Crippen LogP contribution < -0.4 is 19.1 Å². The molecular weight excluding hydrogens is 422 g/mol. The zero-order chi connectivity index (χ0) is 18.8. The number of rotatable bonds is 5. The third kappa shape index (κ3) is 3.36. The predicted octanol–water partition coefficient (Wildman–Crippen LogP) is 3.27. The summed E-state index contributed by atoms with van der Waals surface area (Å²) in [5.41, 5.74) is 1.34. The molecule has 0 spiro atoms. The van der Waals surface area contributed by atoms with Crippen LogP contribution in [0.5, 0.6) is 17.2 Å². The fraction of sp³-hybridized carbons (Fsp3) is 0.278. The monoisotopic (exact) mass is 439 g/mol. The molecular formula is C18H18BrNO5S. The van der Waals surface area contributed by atoms with E-state index in [0.29, 0.717) is 22.9 Å². The summed E-state index contributed by atoms with van der Waals surface area (Å²) >= 11 is 2.04. The van der Waals surface area contributed by atoms with Gasteiger partial charge in [-0.1, -0.05) is 28.1 Å². The lowest BCUT2D eigenvalue weighted by Gasteiger charge is -2.25. The van der Waals surface area contributed by atoms with Crippen LogP contribution in [0.15, 0.2) is 40.9 Å². The molecule has 26 heavy (non-hydrogen) atoms. The van der Waals surface area contributed by atoms with Gasteiger partial charge in [0.05, 0.1) is 27.0 Å². The van der Waals surface area contributed by atoms with Crippen LogP contribution in [0.4, 0.5) is 5.69 Å². The van der Waals surface area contributed by atoms with Crippen LogP contribution in [0.1, 0.15) is 10.9 Å². The van der Waals surface area contributed by atoms with Gasteiger partial charge in [-0.25, -0.2) is 0 Å². The van der Waals surface area contributed by atoms with E-state index >= 15 is 0 Å². The molecule has 0 radical (unpaired) electrons. The summed E-state index contributed by atoms with van der Waals surface area (Å²) < 4.78 is 29.6. The Hall–Kier alpha value is -1.90. The number of hydrogen-bond acceptors (Lipinski definition) is 5. The van der Waals surface area contributed by atoms with Crippen molar-refractivity contribution in [3.05, 3.63) is 46.4 Å². The van der Waals surface area contributed by atoms with Crippen molar-refractivity contribution in [1.82, 2.24) is 0 Å². The number of carbonyl (C=O) groups excluding carboxylic acids is 1. The summed E-state index contributed by atoms with van der Waals surface area (Å²) in [6, 6.07) is 10.8. The zero-order valence-electron chi connectivity index (χ0n) is 14.5. The number of hydrogen-bond donors (Lipinski definition) is 0. The first-order chi connectivity index (χ1) is 12.5. The summed E-state index contributed by atoms with van der Waals surface area (Å²) in [6.07, 6.45) is 0. The van der Waals surface area contributed by atoms with Gasteiger partial charge in [0.2, 0.25) is 11.1 Å². The van der Waals surface area contributed by atoms with Crippen LogP contribution in [-0.4, -0.2) is 37.5 Å². The zero-order valence-corrected chi connectivity index (χ0v) is 16.9. The molecule has 3 rings (SSSR count). The number of carbonyl (C=O) groups is 1. The van der Waals surface area contributed by atoms with Crippen LogP contribution in [0.2, 0.25) is 0 Å². The molecule has 0 saturated carbocycles. The highest BCUT2D eigenvalue weighted by atomic mass is 79.9. The fourth-order valence-corrected chi connectivity index (χ4v) is 4.67. The van der Waals surface area contributed by atoms with Gasteiger partial charge in [-0.15, -0.1) is 0 Å². The largest absolute Gasteiger partial charge is 0.614 e. The Labute approximate surface area is 163 Å². The second kappa shape index (κ2) is 7.77. The smallest absolute Gasteiger partial charge is 0.281 e. The van der Waals surface area contributed by atoms with Crippen molar-refractivity contribution in [1.29, 1.82) is 0 Å². The molecule has 2 atom stereocenters. The minimum Gasteiger partial charge on any atom is -0.614 e. The Morgan fingerprint density at radius 3 is 2.15 bits per heavy atom. The Bertz CT molecular complexity index is 789. The molecule has 1 heterocycles. The quantitative estimate of drug-likeness (QED) is 0.668. The van der Waals surface area contributed by atoms with Gasteiger partial charge in [0.15, 0.2) is 17.3 Å². The number of nitrogens with zero attached hydrogens (tertiary/aromatic N) is 1. The number of anilines is 1. The van der Waals surface area contributed by atoms with E-state index in [2.05, 4.69) is 15.9 Å². The van der Waals surface area contributed by atoms with Crippen molar-refractivity contribution in [3.63, 3.8) is 0 Å². The summed E-state index contributed by atoms with van der Waals surface area (Å²) in [4.78, 5) is 14.1. The van der Waals surface area contributed by atoms with E-state index in [0.717, 1.165) is 10.0 Å². The number of methoxy groups -OCH3 is 3. The highest BCUT2D eigenvalue weighted by molar-refractivity contribution is 9.10. The van der Waals surface area contributed by atoms with E-state index in [1.165, 1.54) is 26.2 Å². The minimum atomic E-state index is -1.35. The van der Waals surface area contributed by atoms with Crippen LogP contribution in [0.3, 0.4) is 0 Å². The number of benzene rings is 2. The van der Waals surface area contributed by atoms with Crippen LogP contribution in [0, 0.1) is 0 Å². The molecule has 1 fully saturated rings. The van der Waals surface area contributed by atoms with E-state index in [1.54, 1.807) is 12.1 Å². The molecule has 0 N–H and O–H groups in total. The van der Waals surface area contributed by atoms with Gasteiger partial charge >= 0.3 is 0 Å². The number of ether oxygens (including phenoxy) is 3. The molecule has 1 aliphatic heterocycles. The van der Waals surface area contributed by atoms with E-state index in [1.807, 2.05) is 24.3 Å². The molecule has 1 aliphatic rings. The molecule has 0 aliphatic carbocycles. The summed E-state index contributed by atoms with van der Waals surface area (Å²) in [5.74, 6) is 1.05. The van der Waals surface area contributed by atoms with Crippen LogP contribution >= 0.6 is 15.9 Å². The maximum atomic E-state index is 12.6. The average Bonchev–Trinajstić information content (AvgIpc) is 2.95. The summed E-state index contributed by atoms with van der Waals surface area (Å²) in [6.45, 7) is 0. The van der Waals surface area contributed by atoms with Gasteiger partial charge < -0.3 is 18.8 Å². The average molecular weight is 440 g/mol. The molecule has 2 unspecified atom stereocenters. The van der Waals surface area contributed by atoms with E-state index in [9.17, 15) is 9.35 Å². The summed E-state index contributed by atoms with van der Waals surface area (Å²) in [7, 11) is 4.54. The van der Waals surface area contributed by atoms with Gasteiger partial charge in [-0.3, -0.25) is 9.69 Å². The maximum absolute atomic E-state index is 12.6. The lowest BCUT2D eigenvalue weighted by molar-refractivity contribution is -0.115. The van der Waals surface area contributed by atoms with Crippen molar-refractivity contribution >= 4 is 38.7 Å². The Morgan fingerprint density at radius 1 is 1.08 bits per heavy atom. The second-order valence-corrected chi connectivity index (χ2v) is 7.99. The summed E-state index contributed by atoms with van der Waals surface area (Å²) in [5, 5.41) is -0.571. The Morgan fingerprint density at radius 2 is 1.65 bits per heavy atom. The fourth-order valence-electron chi connectivity index (χ4n) is 2.93. The molecule has 2 aromatic rings. The third-order valence-electron chi connectivity index (χ3n) is 4.10. The molecule has 6 nitrogen and oxygen atoms in total. The number of halogens is 1. The minimum absolute atomic E-state index is 0.0304. The standard InChI is InChI=1S/C18H18BrNO5S/c1-23-14-8-13(9-15(24-2)17(14)25-3)20-16(21)10-26(22)18(20)11-4-6-12(19)7-5-11/h4-9,18H,10H2,1-3H3. The first-order valence-corrected chi connectivity index (χ1v) is 9.92. The molecule has 0 aromatic heterocycles. The van der Waals surface area contributed by atoms with Gasteiger partial charge in [0, 0.05) is 22.2 Å². The molecule has 0 bridgehead atoms. The van der Waals surface area contributed by atoms with Crippen molar-refractivity contribution in [2.45, 2.75) is 5.37 Å². The van der Waals surface area contributed by atoms with Crippen LogP contribution in [-0.2, 0) is 16.0 Å². The lowest BCUT2D eigenvalue weighted by Crippen LogP contribution is -2.29. The molecule has 8 heteroatoms. The highest BCUT2D eigenvalue weighted by Gasteiger charge is 2.45. The number of amides is 1. The SMILES string of the molecule is COc1cc(N2C(=O)C[S+]([O-])C2c2ccc(Br)cc2)cc(OC)c1OC.